The molecule has 3 aromatic carbocycles. The summed E-state index contributed by atoms with van der Waals surface area (Å²) in [4.78, 5) is 40.0. The predicted octanol–water partition coefficient (Wildman–Crippen LogP) is 8.13. The Morgan fingerprint density at radius 1 is 0.864 bits per heavy atom. The fraction of sp³-hybridized carbons (Fsp3) is 0.432. The molecule has 0 radical (unpaired) electrons. The largest absolute Gasteiger partial charge is 0.478 e. The number of carboxylic acids is 1. The Morgan fingerprint density at radius 3 is 2.18 bits per heavy atom. The summed E-state index contributed by atoms with van der Waals surface area (Å²) in [7, 11) is 0. The molecule has 1 N–H and O–H groups in total. The zero-order valence-electron chi connectivity index (χ0n) is 25.7. The third kappa shape index (κ3) is 8.32. The minimum Gasteiger partial charge on any atom is -0.478 e. The van der Waals surface area contributed by atoms with E-state index in [2.05, 4.69) is 19.1 Å². The average Bonchev–Trinajstić information content (AvgIpc) is 3.77. The molecule has 7 heteroatoms. The number of ether oxygens (including phenoxy) is 2. The van der Waals surface area contributed by atoms with Crippen molar-refractivity contribution < 1.29 is 29.0 Å². The van der Waals surface area contributed by atoms with E-state index in [0.29, 0.717) is 42.7 Å². The number of Topliss-reactive ketones (excluding diaryl/α,β-unsaturated/α-hetero) is 1. The summed E-state index contributed by atoms with van der Waals surface area (Å²) in [5.74, 6) is 1.99. The molecular weight excluding hydrogens is 572 g/mol. The summed E-state index contributed by atoms with van der Waals surface area (Å²) in [6.45, 7) is 5.32. The number of hydrogen-bond acceptors (Lipinski definition) is 6. The van der Waals surface area contributed by atoms with Crippen molar-refractivity contribution in [2.75, 3.05) is 5.75 Å². The van der Waals surface area contributed by atoms with E-state index in [-0.39, 0.29) is 29.5 Å². The van der Waals surface area contributed by atoms with Crippen molar-refractivity contribution in [2.45, 2.75) is 69.8 Å². The molecule has 0 bridgehead atoms. The molecule has 0 amide bonds. The summed E-state index contributed by atoms with van der Waals surface area (Å²) < 4.78 is 11.4. The third-order valence-electron chi connectivity index (χ3n) is 9.04. The number of carboxylic acid groups (broad SMARTS) is 1. The van der Waals surface area contributed by atoms with Gasteiger partial charge in [-0.05, 0) is 106 Å². The quantitative estimate of drug-likeness (QED) is 0.0724. The van der Waals surface area contributed by atoms with E-state index in [9.17, 15) is 19.5 Å². The predicted molar refractivity (Wildman–Crippen MR) is 172 cm³/mol. The highest BCUT2D eigenvalue weighted by Crippen LogP contribution is 2.42. The number of ketones is 1. The molecule has 232 valence electrons. The molecule has 0 saturated heterocycles. The number of benzene rings is 3. The van der Waals surface area contributed by atoms with Gasteiger partial charge < -0.3 is 14.6 Å². The number of carbonyl (C=O) groups excluding carboxylic acids is 2. The fourth-order valence-electron chi connectivity index (χ4n) is 6.04. The molecule has 44 heavy (non-hydrogen) atoms. The second-order valence-electron chi connectivity index (χ2n) is 12.9. The van der Waals surface area contributed by atoms with E-state index >= 15 is 0 Å². The standard InChI is InChI=1S/C37H42O6S/c1-24-20-29(24)23-44-32-18-14-26(15-19-32)34(38)33-11-7-8-27(35(39)42-30-9-5-4-6-10-30)22-28(33)21-25-12-16-31(17-13-25)43-37(2,3)36(40)41/h4-6,9-10,12-19,24,27-29,33H,7-8,11,20-23H2,1-3H3,(H,40,41)/t24?,27?,28?,29-,33?/m1/s1. The van der Waals surface area contributed by atoms with Crippen molar-refractivity contribution in [1.29, 1.82) is 0 Å². The highest BCUT2D eigenvalue weighted by atomic mass is 32.2. The number of carbonyl (C=O) groups is 3. The van der Waals surface area contributed by atoms with E-state index in [4.69, 9.17) is 9.47 Å². The molecule has 5 atom stereocenters. The SMILES string of the molecule is CC1C[C@@H]1CSc1ccc(C(=O)C2CCCC(C(=O)Oc3ccccc3)CC2Cc2ccc(OC(C)(C)C(=O)O)cc2)cc1. The van der Waals surface area contributed by atoms with Gasteiger partial charge in [-0.25, -0.2) is 4.79 Å². The number of hydrogen-bond donors (Lipinski definition) is 1. The van der Waals surface area contributed by atoms with Crippen LogP contribution < -0.4 is 9.47 Å². The highest BCUT2D eigenvalue weighted by molar-refractivity contribution is 7.99. The van der Waals surface area contributed by atoms with Crippen molar-refractivity contribution in [3.8, 4) is 11.5 Å². The van der Waals surface area contributed by atoms with Crippen LogP contribution in [0.1, 0.15) is 68.8 Å². The number of rotatable bonds is 12. The molecule has 2 saturated carbocycles. The lowest BCUT2D eigenvalue weighted by molar-refractivity contribution is -0.152. The molecule has 3 aromatic rings. The minimum absolute atomic E-state index is 0.0639. The van der Waals surface area contributed by atoms with Crippen molar-refractivity contribution in [1.82, 2.24) is 0 Å². The Balaban J connectivity index is 1.32. The first-order valence-electron chi connectivity index (χ1n) is 15.6. The fourth-order valence-corrected chi connectivity index (χ4v) is 7.24. The number of esters is 1. The summed E-state index contributed by atoms with van der Waals surface area (Å²) >= 11 is 1.86. The van der Waals surface area contributed by atoms with E-state index in [1.54, 1.807) is 24.3 Å². The van der Waals surface area contributed by atoms with Gasteiger partial charge in [0.25, 0.3) is 0 Å². The Morgan fingerprint density at radius 2 is 1.55 bits per heavy atom. The van der Waals surface area contributed by atoms with Crippen LogP contribution in [0.25, 0.3) is 0 Å². The number of aliphatic carboxylic acids is 1. The first kappa shape index (κ1) is 31.8. The number of para-hydroxylation sites is 1. The lowest BCUT2D eigenvalue weighted by Crippen LogP contribution is -2.37. The van der Waals surface area contributed by atoms with Crippen molar-refractivity contribution in [3.05, 3.63) is 90.0 Å². The monoisotopic (exact) mass is 614 g/mol. The topological polar surface area (TPSA) is 89.9 Å². The van der Waals surface area contributed by atoms with Crippen LogP contribution >= 0.6 is 11.8 Å². The first-order valence-corrected chi connectivity index (χ1v) is 16.6. The summed E-state index contributed by atoms with van der Waals surface area (Å²) in [5.41, 5.74) is 0.373. The van der Waals surface area contributed by atoms with Gasteiger partial charge >= 0.3 is 11.9 Å². The van der Waals surface area contributed by atoms with Gasteiger partial charge in [-0.1, -0.05) is 55.8 Å². The van der Waals surface area contributed by atoms with Gasteiger partial charge in [0.1, 0.15) is 11.5 Å². The van der Waals surface area contributed by atoms with Gasteiger partial charge in [-0.3, -0.25) is 9.59 Å². The number of thioether (sulfide) groups is 1. The van der Waals surface area contributed by atoms with Gasteiger partial charge in [0.15, 0.2) is 11.4 Å². The maximum Gasteiger partial charge on any atom is 0.347 e. The van der Waals surface area contributed by atoms with Crippen LogP contribution in [0.4, 0.5) is 0 Å². The van der Waals surface area contributed by atoms with E-state index in [0.717, 1.165) is 29.6 Å². The van der Waals surface area contributed by atoms with Crippen molar-refractivity contribution in [3.63, 3.8) is 0 Å². The third-order valence-corrected chi connectivity index (χ3v) is 10.2. The van der Waals surface area contributed by atoms with Crippen LogP contribution in [0.15, 0.2) is 83.8 Å². The minimum atomic E-state index is -1.35. The van der Waals surface area contributed by atoms with Crippen LogP contribution in [-0.2, 0) is 16.0 Å². The lowest BCUT2D eigenvalue weighted by Gasteiger charge is -2.26. The maximum atomic E-state index is 14.0. The normalized spacial score (nSPS) is 23.3. The van der Waals surface area contributed by atoms with Crippen molar-refractivity contribution in [2.24, 2.45) is 29.6 Å². The van der Waals surface area contributed by atoms with Crippen LogP contribution in [0.5, 0.6) is 11.5 Å². The zero-order chi connectivity index (χ0) is 31.3. The second-order valence-corrected chi connectivity index (χ2v) is 14.0. The Kier molecular flexibility index (Phi) is 10.1. The van der Waals surface area contributed by atoms with Gasteiger partial charge in [0.2, 0.25) is 0 Å². The molecule has 0 aromatic heterocycles. The smallest absolute Gasteiger partial charge is 0.347 e. The molecule has 4 unspecified atom stereocenters. The summed E-state index contributed by atoms with van der Waals surface area (Å²) in [5, 5.41) is 9.42. The molecule has 0 spiro atoms. The van der Waals surface area contributed by atoms with Crippen LogP contribution in [0.3, 0.4) is 0 Å². The Labute approximate surface area is 264 Å². The van der Waals surface area contributed by atoms with Crippen molar-refractivity contribution >= 4 is 29.5 Å². The molecule has 5 rings (SSSR count). The molecule has 0 heterocycles. The van der Waals surface area contributed by atoms with E-state index in [1.165, 1.54) is 25.2 Å². The molecule has 2 aliphatic rings. The molecule has 6 nitrogen and oxygen atoms in total. The lowest BCUT2D eigenvalue weighted by atomic mass is 9.77. The molecule has 2 fully saturated rings. The summed E-state index contributed by atoms with van der Waals surface area (Å²) in [6, 6.07) is 24.6. The van der Waals surface area contributed by atoms with Crippen LogP contribution in [-0.4, -0.2) is 34.2 Å². The molecule has 2 aliphatic carbocycles. The second kappa shape index (κ2) is 14.0. The molecular formula is C37H42O6S. The maximum absolute atomic E-state index is 14.0. The van der Waals surface area contributed by atoms with Gasteiger partial charge in [-0.2, -0.15) is 0 Å². The Bertz CT molecular complexity index is 1430. The van der Waals surface area contributed by atoms with Crippen LogP contribution in [0.2, 0.25) is 0 Å². The molecule has 0 aliphatic heterocycles. The van der Waals surface area contributed by atoms with Crippen LogP contribution in [0, 0.1) is 29.6 Å². The average molecular weight is 615 g/mol. The van der Waals surface area contributed by atoms with Gasteiger partial charge in [-0.15, -0.1) is 11.8 Å². The van der Waals surface area contributed by atoms with Gasteiger partial charge in [0, 0.05) is 22.1 Å². The van der Waals surface area contributed by atoms with Gasteiger partial charge in [0.05, 0.1) is 5.92 Å². The van der Waals surface area contributed by atoms with E-state index in [1.807, 2.05) is 54.2 Å². The first-order chi connectivity index (χ1) is 21.1. The highest BCUT2D eigenvalue weighted by Gasteiger charge is 2.37. The Hall–Kier alpha value is -3.58. The van der Waals surface area contributed by atoms with E-state index < -0.39 is 11.6 Å². The summed E-state index contributed by atoms with van der Waals surface area (Å²) in [6.07, 6.45) is 4.64. The zero-order valence-corrected chi connectivity index (χ0v) is 26.6.